The molecule has 0 heterocycles. The number of ether oxygens (including phenoxy) is 2. The maximum Gasteiger partial charge on any atom is 0.409 e. The summed E-state index contributed by atoms with van der Waals surface area (Å²) in [6.45, 7) is -0.0941. The van der Waals surface area contributed by atoms with Crippen LogP contribution in [0.3, 0.4) is 0 Å². The molecule has 0 aliphatic carbocycles. The van der Waals surface area contributed by atoms with Gasteiger partial charge < -0.3 is 14.4 Å². The second kappa shape index (κ2) is 4.54. The predicted octanol–water partition coefficient (Wildman–Crippen LogP) is -0.142. The number of rotatable bonds is 2. The van der Waals surface area contributed by atoms with E-state index in [9.17, 15) is 9.59 Å². The van der Waals surface area contributed by atoms with Crippen molar-refractivity contribution in [3.05, 3.63) is 0 Å². The molecular formula is C6H11NO4. The Morgan fingerprint density at radius 2 is 1.82 bits per heavy atom. The predicted molar refractivity (Wildman–Crippen MR) is 37.1 cm³/mol. The molecule has 0 aromatic carbocycles. The molecule has 0 fully saturated rings. The van der Waals surface area contributed by atoms with Crippen LogP contribution < -0.4 is 0 Å². The minimum absolute atomic E-state index is 0.0941. The van der Waals surface area contributed by atoms with Crippen LogP contribution in [0.2, 0.25) is 0 Å². The summed E-state index contributed by atoms with van der Waals surface area (Å²) in [5, 5.41) is 0. The van der Waals surface area contributed by atoms with Gasteiger partial charge >= 0.3 is 12.1 Å². The molecule has 0 spiro atoms. The van der Waals surface area contributed by atoms with Crippen LogP contribution in [-0.4, -0.2) is 44.8 Å². The number of amides is 1. The van der Waals surface area contributed by atoms with E-state index in [2.05, 4.69) is 9.47 Å². The van der Waals surface area contributed by atoms with Crippen molar-refractivity contribution < 1.29 is 19.1 Å². The zero-order valence-corrected chi connectivity index (χ0v) is 6.79. The van der Waals surface area contributed by atoms with Gasteiger partial charge in [0.15, 0.2) is 0 Å². The Hall–Kier alpha value is -1.26. The Bertz CT molecular complexity index is 157. The third kappa shape index (κ3) is 3.44. The van der Waals surface area contributed by atoms with Gasteiger partial charge in [0.25, 0.3) is 0 Å². The Labute approximate surface area is 64.9 Å². The summed E-state index contributed by atoms with van der Waals surface area (Å²) in [6.07, 6.45) is -0.560. The van der Waals surface area contributed by atoms with Crippen LogP contribution in [0, 0.1) is 0 Å². The number of hydrogen-bond acceptors (Lipinski definition) is 4. The van der Waals surface area contributed by atoms with Crippen LogP contribution >= 0.6 is 0 Å². The second-order valence-corrected chi connectivity index (χ2v) is 1.90. The number of methoxy groups -OCH3 is 2. The average Bonchev–Trinajstić information content (AvgIpc) is 2.02. The summed E-state index contributed by atoms with van der Waals surface area (Å²) in [7, 11) is 3.95. The minimum Gasteiger partial charge on any atom is -0.468 e. The highest BCUT2D eigenvalue weighted by Gasteiger charge is 2.11. The number of nitrogens with zero attached hydrogens (tertiary/aromatic N) is 1. The number of likely N-dealkylation sites (N-methyl/N-ethyl adjacent to an activating group) is 1. The molecule has 0 aliphatic heterocycles. The van der Waals surface area contributed by atoms with E-state index in [1.165, 1.54) is 21.3 Å². The molecule has 0 aromatic rings. The van der Waals surface area contributed by atoms with Gasteiger partial charge in [-0.3, -0.25) is 4.79 Å². The van der Waals surface area contributed by atoms with E-state index in [1.807, 2.05) is 0 Å². The highest BCUT2D eigenvalue weighted by Crippen LogP contribution is 1.88. The van der Waals surface area contributed by atoms with Crippen molar-refractivity contribution in [3.8, 4) is 0 Å². The molecule has 64 valence electrons. The van der Waals surface area contributed by atoms with Gasteiger partial charge in [-0.05, 0) is 0 Å². The SMILES string of the molecule is COC(=O)CN(C)C(=O)OC. The van der Waals surface area contributed by atoms with Crippen LogP contribution in [0.25, 0.3) is 0 Å². The van der Waals surface area contributed by atoms with Gasteiger partial charge in [-0.25, -0.2) is 4.79 Å². The van der Waals surface area contributed by atoms with E-state index in [4.69, 9.17) is 0 Å². The van der Waals surface area contributed by atoms with Gasteiger partial charge in [0, 0.05) is 7.05 Å². The number of hydrogen-bond donors (Lipinski definition) is 0. The lowest BCUT2D eigenvalue weighted by Crippen LogP contribution is -2.32. The van der Waals surface area contributed by atoms with Crippen molar-refractivity contribution in [2.75, 3.05) is 27.8 Å². The second-order valence-electron chi connectivity index (χ2n) is 1.90. The lowest BCUT2D eigenvalue weighted by Gasteiger charge is -2.12. The molecule has 0 aliphatic rings. The van der Waals surface area contributed by atoms with Crippen LogP contribution in [0.5, 0.6) is 0 Å². The molecule has 0 aromatic heterocycles. The zero-order valence-electron chi connectivity index (χ0n) is 6.79. The first-order valence-corrected chi connectivity index (χ1v) is 2.97. The standard InChI is InChI=1S/C6H11NO4/c1-7(6(9)11-3)4-5(8)10-2/h4H2,1-3H3. The average molecular weight is 161 g/mol. The number of carbonyl (C=O) groups is 2. The first kappa shape index (κ1) is 9.74. The highest BCUT2D eigenvalue weighted by molar-refractivity contribution is 5.77. The Balaban J connectivity index is 3.77. The molecule has 0 saturated heterocycles. The molecular weight excluding hydrogens is 150 g/mol. The smallest absolute Gasteiger partial charge is 0.409 e. The first-order chi connectivity index (χ1) is 5.11. The fraction of sp³-hybridized carbons (Fsp3) is 0.667. The maximum atomic E-state index is 10.7. The summed E-state index contributed by atoms with van der Waals surface area (Å²) in [5.74, 6) is -0.474. The summed E-state index contributed by atoms with van der Waals surface area (Å²) >= 11 is 0. The van der Waals surface area contributed by atoms with Crippen molar-refractivity contribution in [3.63, 3.8) is 0 Å². The van der Waals surface area contributed by atoms with Crippen molar-refractivity contribution in [2.24, 2.45) is 0 Å². The third-order valence-electron chi connectivity index (χ3n) is 1.08. The zero-order chi connectivity index (χ0) is 8.85. The van der Waals surface area contributed by atoms with Gasteiger partial charge in [0.05, 0.1) is 14.2 Å². The maximum absolute atomic E-state index is 10.7. The third-order valence-corrected chi connectivity index (χ3v) is 1.08. The van der Waals surface area contributed by atoms with Gasteiger partial charge in [0.1, 0.15) is 6.54 Å². The Kier molecular flexibility index (Phi) is 4.02. The molecule has 0 unspecified atom stereocenters. The van der Waals surface area contributed by atoms with Crippen LogP contribution in [0.1, 0.15) is 0 Å². The van der Waals surface area contributed by atoms with Crippen LogP contribution in [-0.2, 0) is 14.3 Å². The molecule has 0 atom stereocenters. The molecule has 5 nitrogen and oxygen atoms in total. The largest absolute Gasteiger partial charge is 0.468 e. The lowest BCUT2D eigenvalue weighted by atomic mass is 10.6. The number of esters is 1. The summed E-state index contributed by atoms with van der Waals surface area (Å²) in [4.78, 5) is 22.3. The van der Waals surface area contributed by atoms with Crippen LogP contribution in [0.4, 0.5) is 4.79 Å². The molecule has 0 radical (unpaired) electrons. The minimum atomic E-state index is -0.560. The Morgan fingerprint density at radius 1 is 1.27 bits per heavy atom. The fourth-order valence-corrected chi connectivity index (χ4v) is 0.479. The quantitative estimate of drug-likeness (QED) is 0.529. The molecule has 0 saturated carbocycles. The molecule has 0 N–H and O–H groups in total. The monoisotopic (exact) mass is 161 g/mol. The molecule has 0 bridgehead atoms. The summed E-state index contributed by atoms with van der Waals surface area (Å²) in [5.41, 5.74) is 0. The topological polar surface area (TPSA) is 55.8 Å². The first-order valence-electron chi connectivity index (χ1n) is 2.97. The summed E-state index contributed by atoms with van der Waals surface area (Å²) < 4.78 is 8.66. The Morgan fingerprint density at radius 3 is 2.18 bits per heavy atom. The van der Waals surface area contributed by atoms with Crippen molar-refractivity contribution in [1.82, 2.24) is 4.90 Å². The van der Waals surface area contributed by atoms with E-state index in [-0.39, 0.29) is 6.54 Å². The van der Waals surface area contributed by atoms with Gasteiger partial charge in [-0.1, -0.05) is 0 Å². The van der Waals surface area contributed by atoms with E-state index in [0.29, 0.717) is 0 Å². The van der Waals surface area contributed by atoms with E-state index in [1.54, 1.807) is 0 Å². The van der Waals surface area contributed by atoms with Crippen LogP contribution in [0.15, 0.2) is 0 Å². The normalized spacial score (nSPS) is 8.64. The molecule has 5 heteroatoms. The summed E-state index contributed by atoms with van der Waals surface area (Å²) in [6, 6.07) is 0. The van der Waals surface area contributed by atoms with E-state index >= 15 is 0 Å². The number of carbonyl (C=O) groups excluding carboxylic acids is 2. The lowest BCUT2D eigenvalue weighted by molar-refractivity contribution is -0.141. The van der Waals surface area contributed by atoms with Crippen molar-refractivity contribution >= 4 is 12.1 Å². The van der Waals surface area contributed by atoms with Gasteiger partial charge in [0.2, 0.25) is 0 Å². The van der Waals surface area contributed by atoms with E-state index in [0.717, 1.165) is 4.90 Å². The van der Waals surface area contributed by atoms with Gasteiger partial charge in [-0.2, -0.15) is 0 Å². The van der Waals surface area contributed by atoms with E-state index < -0.39 is 12.1 Å². The highest BCUT2D eigenvalue weighted by atomic mass is 16.5. The molecule has 1 amide bonds. The van der Waals surface area contributed by atoms with Crippen molar-refractivity contribution in [2.45, 2.75) is 0 Å². The van der Waals surface area contributed by atoms with Gasteiger partial charge in [-0.15, -0.1) is 0 Å². The molecule has 0 rings (SSSR count). The fourth-order valence-electron chi connectivity index (χ4n) is 0.479. The molecule has 11 heavy (non-hydrogen) atoms. The van der Waals surface area contributed by atoms with Crippen molar-refractivity contribution in [1.29, 1.82) is 0 Å².